The number of rotatable bonds is 4. The highest BCUT2D eigenvalue weighted by atomic mass is 15.5. The molecular formula is C17H29N3. The van der Waals surface area contributed by atoms with E-state index < -0.39 is 0 Å². The third-order valence-corrected chi connectivity index (χ3v) is 4.54. The van der Waals surface area contributed by atoms with Crippen molar-refractivity contribution in [1.82, 2.24) is 10.4 Å². The Labute approximate surface area is 123 Å². The van der Waals surface area contributed by atoms with Crippen LogP contribution < -0.4 is 11.2 Å². The summed E-state index contributed by atoms with van der Waals surface area (Å²) in [5, 5.41) is 2.42. The lowest BCUT2D eigenvalue weighted by Crippen LogP contribution is -2.54. The van der Waals surface area contributed by atoms with Gasteiger partial charge in [-0.15, -0.1) is 0 Å². The van der Waals surface area contributed by atoms with Crippen molar-refractivity contribution in [2.45, 2.75) is 65.1 Å². The Morgan fingerprint density at radius 1 is 1.25 bits per heavy atom. The number of nitrogens with two attached hydrogens (primary N) is 1. The first-order valence-corrected chi connectivity index (χ1v) is 7.84. The molecule has 3 nitrogen and oxygen atoms in total. The fourth-order valence-electron chi connectivity index (χ4n) is 3.24. The van der Waals surface area contributed by atoms with Crippen molar-refractivity contribution >= 4 is 0 Å². The van der Waals surface area contributed by atoms with E-state index >= 15 is 0 Å². The molecule has 0 radical (unpaired) electrons. The number of hydrazine groups is 1. The van der Waals surface area contributed by atoms with Gasteiger partial charge in [0.2, 0.25) is 0 Å². The third-order valence-electron chi connectivity index (χ3n) is 4.54. The number of nitrogens with one attached hydrogen (secondary N) is 1. The van der Waals surface area contributed by atoms with Gasteiger partial charge in [-0.1, -0.05) is 30.2 Å². The minimum atomic E-state index is 0.206. The highest BCUT2D eigenvalue weighted by molar-refractivity contribution is 5.33. The number of hydrogen-bond acceptors (Lipinski definition) is 3. The zero-order chi connectivity index (χ0) is 14.7. The molecule has 0 amide bonds. The molecule has 1 aromatic carbocycles. The van der Waals surface area contributed by atoms with Crippen LogP contribution in [-0.4, -0.2) is 23.6 Å². The normalized spacial score (nSPS) is 25.6. The Hall–Kier alpha value is -0.900. The first-order valence-electron chi connectivity index (χ1n) is 7.84. The average Bonchev–Trinajstić information content (AvgIpc) is 2.42. The molecule has 0 spiro atoms. The number of aryl methyl sites for hydroxylation is 2. The number of piperidine rings is 1. The largest absolute Gasteiger partial charge is 0.329 e. The quantitative estimate of drug-likeness (QED) is 0.887. The van der Waals surface area contributed by atoms with Crippen LogP contribution in [0.15, 0.2) is 18.2 Å². The summed E-state index contributed by atoms with van der Waals surface area (Å²) in [6.45, 7) is 9.55. The molecule has 3 unspecified atom stereocenters. The van der Waals surface area contributed by atoms with Crippen LogP contribution in [0.25, 0.3) is 0 Å². The van der Waals surface area contributed by atoms with Gasteiger partial charge in [0.05, 0.1) is 6.04 Å². The molecule has 1 aromatic rings. The zero-order valence-corrected chi connectivity index (χ0v) is 13.3. The zero-order valence-electron chi connectivity index (χ0n) is 13.3. The van der Waals surface area contributed by atoms with Gasteiger partial charge in [0, 0.05) is 18.6 Å². The van der Waals surface area contributed by atoms with E-state index in [1.54, 1.807) is 0 Å². The molecule has 0 aromatic heterocycles. The predicted molar refractivity (Wildman–Crippen MR) is 85.5 cm³/mol. The maximum absolute atomic E-state index is 6.04. The maximum atomic E-state index is 6.04. The fourth-order valence-corrected chi connectivity index (χ4v) is 3.24. The van der Waals surface area contributed by atoms with E-state index in [9.17, 15) is 0 Å². The van der Waals surface area contributed by atoms with Crippen molar-refractivity contribution in [1.29, 1.82) is 0 Å². The van der Waals surface area contributed by atoms with Gasteiger partial charge in [0.1, 0.15) is 0 Å². The highest BCUT2D eigenvalue weighted by Crippen LogP contribution is 2.24. The van der Waals surface area contributed by atoms with E-state index in [1.165, 1.54) is 36.0 Å². The predicted octanol–water partition coefficient (Wildman–Crippen LogP) is 3.07. The summed E-state index contributed by atoms with van der Waals surface area (Å²) in [5.74, 6) is 0. The van der Waals surface area contributed by atoms with Crippen LogP contribution in [0.2, 0.25) is 0 Å². The van der Waals surface area contributed by atoms with Gasteiger partial charge in [0.25, 0.3) is 0 Å². The van der Waals surface area contributed by atoms with Crippen molar-refractivity contribution in [3.8, 4) is 0 Å². The standard InChI is InChI=1S/C17H29N3/c1-12-8-9-13(2)16(10-12)17(11-18)19-20-14(3)6-5-7-15(20)4/h8-10,14-15,17,19H,5-7,11,18H2,1-4H3. The van der Waals surface area contributed by atoms with Gasteiger partial charge < -0.3 is 5.73 Å². The topological polar surface area (TPSA) is 41.3 Å². The Bertz CT molecular complexity index is 434. The smallest absolute Gasteiger partial charge is 0.0589 e. The molecule has 3 atom stereocenters. The average molecular weight is 275 g/mol. The van der Waals surface area contributed by atoms with Crippen molar-refractivity contribution < 1.29 is 0 Å². The summed E-state index contributed by atoms with van der Waals surface area (Å²) in [6.07, 6.45) is 3.86. The molecule has 112 valence electrons. The van der Waals surface area contributed by atoms with Crippen LogP contribution in [0.5, 0.6) is 0 Å². The first kappa shape index (κ1) is 15.5. The molecule has 1 aliphatic heterocycles. The summed E-state index contributed by atoms with van der Waals surface area (Å²) in [7, 11) is 0. The number of nitrogens with zero attached hydrogens (tertiary/aromatic N) is 1. The van der Waals surface area contributed by atoms with Gasteiger partial charge in [-0.3, -0.25) is 0 Å². The second-order valence-electron chi connectivity index (χ2n) is 6.31. The van der Waals surface area contributed by atoms with Crippen LogP contribution in [0.3, 0.4) is 0 Å². The summed E-state index contributed by atoms with van der Waals surface area (Å²) in [4.78, 5) is 0. The second-order valence-corrected chi connectivity index (χ2v) is 6.31. The summed E-state index contributed by atoms with van der Waals surface area (Å²) in [6, 6.07) is 7.99. The molecule has 3 N–H and O–H groups in total. The molecule has 0 saturated carbocycles. The Kier molecular flexibility index (Phi) is 5.19. The highest BCUT2D eigenvalue weighted by Gasteiger charge is 2.27. The van der Waals surface area contributed by atoms with E-state index in [1.807, 2.05) is 0 Å². The van der Waals surface area contributed by atoms with E-state index in [2.05, 4.69) is 56.3 Å². The molecule has 1 fully saturated rings. The molecule has 1 heterocycles. The van der Waals surface area contributed by atoms with Crippen molar-refractivity contribution in [3.05, 3.63) is 34.9 Å². The minimum absolute atomic E-state index is 0.206. The SMILES string of the molecule is Cc1ccc(C)c(C(CN)NN2C(C)CCCC2C)c1. The van der Waals surface area contributed by atoms with E-state index in [4.69, 9.17) is 5.73 Å². The van der Waals surface area contributed by atoms with Gasteiger partial charge in [-0.05, 0) is 51.7 Å². The monoisotopic (exact) mass is 275 g/mol. The van der Waals surface area contributed by atoms with Crippen LogP contribution in [0.4, 0.5) is 0 Å². The van der Waals surface area contributed by atoms with E-state index in [-0.39, 0.29) is 6.04 Å². The lowest BCUT2D eigenvalue weighted by Gasteiger charge is -2.41. The fraction of sp³-hybridized carbons (Fsp3) is 0.647. The molecule has 3 heteroatoms. The minimum Gasteiger partial charge on any atom is -0.329 e. The van der Waals surface area contributed by atoms with Gasteiger partial charge in [-0.25, -0.2) is 10.4 Å². The number of hydrogen-bond donors (Lipinski definition) is 2. The lowest BCUT2D eigenvalue weighted by atomic mass is 9.97. The summed E-state index contributed by atoms with van der Waals surface area (Å²) >= 11 is 0. The Balaban J connectivity index is 2.17. The van der Waals surface area contributed by atoms with Crippen LogP contribution >= 0.6 is 0 Å². The second kappa shape index (κ2) is 6.70. The van der Waals surface area contributed by atoms with Gasteiger partial charge >= 0.3 is 0 Å². The van der Waals surface area contributed by atoms with Crippen molar-refractivity contribution in [2.75, 3.05) is 6.54 Å². The first-order chi connectivity index (χ1) is 9.52. The van der Waals surface area contributed by atoms with Crippen molar-refractivity contribution in [3.63, 3.8) is 0 Å². The maximum Gasteiger partial charge on any atom is 0.0589 e. The molecule has 0 bridgehead atoms. The molecule has 2 rings (SSSR count). The molecule has 1 aliphatic rings. The number of benzene rings is 1. The lowest BCUT2D eigenvalue weighted by molar-refractivity contribution is 0.0303. The van der Waals surface area contributed by atoms with Gasteiger partial charge in [-0.2, -0.15) is 0 Å². The van der Waals surface area contributed by atoms with Crippen LogP contribution in [0, 0.1) is 13.8 Å². The van der Waals surface area contributed by atoms with E-state index in [0.717, 1.165) is 0 Å². The van der Waals surface area contributed by atoms with Crippen LogP contribution in [-0.2, 0) is 0 Å². The van der Waals surface area contributed by atoms with Crippen molar-refractivity contribution in [2.24, 2.45) is 5.73 Å². The molecule has 1 saturated heterocycles. The third kappa shape index (κ3) is 3.40. The Morgan fingerprint density at radius 3 is 2.50 bits per heavy atom. The summed E-state index contributed by atoms with van der Waals surface area (Å²) in [5.41, 5.74) is 13.7. The molecular weight excluding hydrogens is 246 g/mol. The summed E-state index contributed by atoms with van der Waals surface area (Å²) < 4.78 is 0. The Morgan fingerprint density at radius 2 is 1.90 bits per heavy atom. The van der Waals surface area contributed by atoms with Crippen LogP contribution in [0.1, 0.15) is 55.8 Å². The molecule has 0 aliphatic carbocycles. The molecule has 20 heavy (non-hydrogen) atoms. The van der Waals surface area contributed by atoms with E-state index in [0.29, 0.717) is 18.6 Å². The van der Waals surface area contributed by atoms with Gasteiger partial charge in [0.15, 0.2) is 0 Å².